The molecule has 3 aromatic rings. The second kappa shape index (κ2) is 13.1. The molecule has 3 amide bonds. The van der Waals surface area contributed by atoms with Crippen molar-refractivity contribution in [2.24, 2.45) is 5.92 Å². The van der Waals surface area contributed by atoms with Crippen molar-refractivity contribution in [2.75, 3.05) is 27.5 Å². The van der Waals surface area contributed by atoms with Gasteiger partial charge < -0.3 is 16.0 Å². The van der Waals surface area contributed by atoms with E-state index in [1.54, 1.807) is 6.92 Å². The quantitative estimate of drug-likeness (QED) is 0.155. The number of benzene rings is 3. The number of halogens is 9. The predicted octanol–water partition coefficient (Wildman–Crippen LogP) is 8.25. The van der Waals surface area contributed by atoms with E-state index in [4.69, 9.17) is 34.8 Å². The van der Waals surface area contributed by atoms with E-state index in [1.807, 2.05) is 0 Å². The van der Waals surface area contributed by atoms with Crippen molar-refractivity contribution in [2.45, 2.75) is 23.4 Å². The number of amides is 3. The number of nitrogens with one attached hydrogen (secondary N) is 3. The Morgan fingerprint density at radius 1 is 0.932 bits per heavy atom. The van der Waals surface area contributed by atoms with Gasteiger partial charge in [-0.2, -0.15) is 24.9 Å². The monoisotopic (exact) mass is 697 g/mol. The minimum Gasteiger partial charge on any atom is -0.326 e. The molecule has 0 spiro atoms. The molecule has 4 rings (SSSR count). The molecule has 1 aliphatic carbocycles. The van der Waals surface area contributed by atoms with Crippen molar-refractivity contribution >= 4 is 81.3 Å². The van der Waals surface area contributed by atoms with Gasteiger partial charge in [0.15, 0.2) is 5.82 Å². The van der Waals surface area contributed by atoms with Gasteiger partial charge in [-0.05, 0) is 53.8 Å². The molecule has 16 heteroatoms. The molecule has 234 valence electrons. The average molecular weight is 699 g/mol. The molecule has 6 nitrogen and oxygen atoms in total. The maximum absolute atomic E-state index is 15.0. The molecule has 1 fully saturated rings. The lowest BCUT2D eigenvalue weighted by atomic mass is 10.0. The third-order valence-corrected chi connectivity index (χ3v) is 8.66. The zero-order valence-electron chi connectivity index (χ0n) is 22.2. The van der Waals surface area contributed by atoms with Crippen LogP contribution in [0.3, 0.4) is 0 Å². The Balaban J connectivity index is 1.51. The Kier molecular flexibility index (Phi) is 10.0. The van der Waals surface area contributed by atoms with E-state index in [9.17, 15) is 36.3 Å². The molecular weight excluding hydrogens is 679 g/mol. The highest BCUT2D eigenvalue weighted by Crippen LogP contribution is 2.65. The number of carbonyl (C=O) groups is 3. The van der Waals surface area contributed by atoms with E-state index >= 15 is 4.39 Å². The van der Waals surface area contributed by atoms with E-state index < -0.39 is 74.5 Å². The molecule has 3 N–H and O–H groups in total. The minimum atomic E-state index is -4.99. The highest BCUT2D eigenvalue weighted by molar-refractivity contribution is 7.99. The van der Waals surface area contributed by atoms with Gasteiger partial charge in [-0.1, -0.05) is 24.6 Å². The number of hydrogen-bond acceptors (Lipinski definition) is 4. The number of alkyl halides is 5. The first kappa shape index (κ1) is 33.8. The van der Waals surface area contributed by atoms with Crippen LogP contribution in [-0.2, 0) is 15.8 Å². The second-order valence-electron chi connectivity index (χ2n) is 9.47. The predicted molar refractivity (Wildman–Crippen MR) is 158 cm³/mol. The third-order valence-electron chi connectivity index (χ3n) is 6.51. The topological polar surface area (TPSA) is 87.3 Å². The van der Waals surface area contributed by atoms with Crippen molar-refractivity contribution in [1.29, 1.82) is 0 Å². The van der Waals surface area contributed by atoms with Crippen molar-refractivity contribution in [1.82, 2.24) is 0 Å². The lowest BCUT2D eigenvalue weighted by molar-refractivity contribution is -0.140. The van der Waals surface area contributed by atoms with Gasteiger partial charge in [0.25, 0.3) is 5.91 Å². The van der Waals surface area contributed by atoms with Crippen LogP contribution in [0, 0.1) is 23.4 Å². The Morgan fingerprint density at radius 2 is 1.61 bits per heavy atom. The molecule has 0 aliphatic heterocycles. The molecule has 2 atom stereocenters. The van der Waals surface area contributed by atoms with Crippen LogP contribution in [0.5, 0.6) is 0 Å². The summed E-state index contributed by atoms with van der Waals surface area (Å²) in [6.07, 6.45) is -4.99. The Bertz CT molecular complexity index is 1640. The van der Waals surface area contributed by atoms with Crippen molar-refractivity contribution in [3.63, 3.8) is 0 Å². The standard InChI is InChI=1S/C28H20Cl3F6N3O3S/c1-2-44-11-20(41)40-24-18(33)7-8-19(23(24)34)39-25(42)14-10-13(4-5-16(14)29)38-26(43)22-21(27(22,30)31)12-3-6-17(32)15(9-12)28(35,36)37/h3-10,21-22H,2,11H2,1H3,(H,38,43)(H,39,42)(H,40,41)/t21-,22+/m0/s1. The Hall–Kier alpha value is -3.13. The zero-order valence-corrected chi connectivity index (χ0v) is 25.3. The van der Waals surface area contributed by atoms with Crippen LogP contribution >= 0.6 is 46.6 Å². The van der Waals surface area contributed by atoms with Gasteiger partial charge >= 0.3 is 6.18 Å². The summed E-state index contributed by atoms with van der Waals surface area (Å²) in [5.74, 6) is -8.06. The van der Waals surface area contributed by atoms with Crippen molar-refractivity contribution < 1.29 is 40.7 Å². The van der Waals surface area contributed by atoms with Crippen LogP contribution < -0.4 is 16.0 Å². The van der Waals surface area contributed by atoms with Gasteiger partial charge in [0.2, 0.25) is 11.8 Å². The summed E-state index contributed by atoms with van der Waals surface area (Å²) in [6, 6.07) is 7.63. The van der Waals surface area contributed by atoms with Crippen molar-refractivity contribution in [3.8, 4) is 0 Å². The van der Waals surface area contributed by atoms with Crippen LogP contribution in [-0.4, -0.2) is 33.6 Å². The Morgan fingerprint density at radius 3 is 2.27 bits per heavy atom. The van der Waals surface area contributed by atoms with Crippen LogP contribution in [0.2, 0.25) is 5.02 Å². The summed E-state index contributed by atoms with van der Waals surface area (Å²) in [5.41, 5.74) is -3.14. The van der Waals surface area contributed by atoms with Crippen LogP contribution in [0.15, 0.2) is 48.5 Å². The molecule has 3 aromatic carbocycles. The second-order valence-corrected chi connectivity index (χ2v) is 12.6. The highest BCUT2D eigenvalue weighted by Gasteiger charge is 2.67. The lowest BCUT2D eigenvalue weighted by Crippen LogP contribution is -2.19. The normalized spacial score (nSPS) is 17.1. The zero-order chi connectivity index (χ0) is 32.6. The van der Waals surface area contributed by atoms with Crippen LogP contribution in [0.4, 0.5) is 43.4 Å². The molecule has 1 saturated carbocycles. The molecule has 0 saturated heterocycles. The van der Waals surface area contributed by atoms with E-state index in [-0.39, 0.29) is 27.6 Å². The number of thioether (sulfide) groups is 1. The third kappa shape index (κ3) is 7.22. The van der Waals surface area contributed by atoms with Gasteiger partial charge in [-0.3, -0.25) is 14.4 Å². The fourth-order valence-corrected chi connectivity index (χ4v) is 5.84. The number of hydrogen-bond donors (Lipinski definition) is 3. The van der Waals surface area contributed by atoms with Gasteiger partial charge in [-0.25, -0.2) is 13.2 Å². The molecular formula is C28H20Cl3F6N3O3S. The summed E-state index contributed by atoms with van der Waals surface area (Å²) in [6.45, 7) is 1.80. The fourth-order valence-electron chi connectivity index (χ4n) is 4.34. The van der Waals surface area contributed by atoms with E-state index in [2.05, 4.69) is 16.0 Å². The molecule has 1 aliphatic rings. The summed E-state index contributed by atoms with van der Waals surface area (Å²) in [7, 11) is 0. The van der Waals surface area contributed by atoms with Gasteiger partial charge in [0.1, 0.15) is 21.7 Å². The summed E-state index contributed by atoms with van der Waals surface area (Å²) < 4.78 is 80.8. The molecule has 0 unspecified atom stereocenters. The number of carbonyl (C=O) groups excluding carboxylic acids is 3. The van der Waals surface area contributed by atoms with Crippen LogP contribution in [0.25, 0.3) is 0 Å². The maximum atomic E-state index is 15.0. The number of anilines is 3. The average Bonchev–Trinajstić information content (AvgIpc) is 3.53. The van der Waals surface area contributed by atoms with E-state index in [1.165, 1.54) is 23.9 Å². The largest absolute Gasteiger partial charge is 0.419 e. The lowest BCUT2D eigenvalue weighted by Gasteiger charge is -2.13. The van der Waals surface area contributed by atoms with Crippen LogP contribution in [0.1, 0.15) is 34.3 Å². The first-order chi connectivity index (χ1) is 20.6. The molecule has 44 heavy (non-hydrogen) atoms. The minimum absolute atomic E-state index is 0.00428. The molecule has 0 heterocycles. The number of rotatable bonds is 9. The van der Waals surface area contributed by atoms with E-state index in [0.29, 0.717) is 17.9 Å². The maximum Gasteiger partial charge on any atom is 0.419 e. The van der Waals surface area contributed by atoms with Crippen molar-refractivity contribution in [3.05, 3.63) is 87.7 Å². The molecule has 0 bridgehead atoms. The van der Waals surface area contributed by atoms with Gasteiger partial charge in [-0.15, -0.1) is 23.2 Å². The first-order valence-corrected chi connectivity index (χ1v) is 14.9. The molecule has 0 radical (unpaired) electrons. The fraction of sp³-hybridized carbons (Fsp3) is 0.250. The Labute approximate surface area is 265 Å². The summed E-state index contributed by atoms with van der Waals surface area (Å²) in [4.78, 5) is 38.0. The molecule has 0 aromatic heterocycles. The summed E-state index contributed by atoms with van der Waals surface area (Å²) in [5, 5.41) is 6.70. The smallest absolute Gasteiger partial charge is 0.326 e. The SMILES string of the molecule is CCSCC(=O)Nc1c(F)ccc(NC(=O)c2cc(NC(=O)[C@H]3[C@H](c4ccc(F)c(C(F)(F)F)c4)C3(Cl)Cl)ccc2Cl)c1F. The van der Waals surface area contributed by atoms with Gasteiger partial charge in [0, 0.05) is 11.6 Å². The highest BCUT2D eigenvalue weighted by atomic mass is 35.5. The van der Waals surface area contributed by atoms with E-state index in [0.717, 1.165) is 24.3 Å². The van der Waals surface area contributed by atoms with Gasteiger partial charge in [0.05, 0.1) is 33.5 Å². The summed E-state index contributed by atoms with van der Waals surface area (Å²) >= 11 is 19.8. The first-order valence-electron chi connectivity index (χ1n) is 12.6.